The molecule has 2 heteroatoms. The second-order valence-corrected chi connectivity index (χ2v) is 9.89. The smallest absolute Gasteiger partial charge is 0.136 e. The van der Waals surface area contributed by atoms with E-state index in [1.54, 1.807) is 0 Å². The highest BCUT2D eigenvalue weighted by atomic mass is 16.3. The molecule has 0 amide bonds. The number of pyridine rings is 1. The van der Waals surface area contributed by atoms with Crippen molar-refractivity contribution in [2.45, 2.75) is 48.0 Å². The third-order valence-electron chi connectivity index (χ3n) is 6.58. The van der Waals surface area contributed by atoms with Gasteiger partial charge >= 0.3 is 0 Å². The van der Waals surface area contributed by atoms with Crippen LogP contribution in [0.3, 0.4) is 0 Å². The number of hydrogen-bond acceptors (Lipinski definition) is 2. The van der Waals surface area contributed by atoms with Crippen LogP contribution in [0, 0.1) is 33.6 Å². The number of benzene rings is 3. The van der Waals surface area contributed by atoms with Gasteiger partial charge in [-0.05, 0) is 110 Å². The second-order valence-electron chi connectivity index (χ2n) is 9.89. The summed E-state index contributed by atoms with van der Waals surface area (Å²) < 4.78 is 6.28. The lowest BCUT2D eigenvalue weighted by molar-refractivity contribution is 0.644. The van der Waals surface area contributed by atoms with Crippen LogP contribution in [0.4, 0.5) is 0 Å². The van der Waals surface area contributed by atoms with E-state index in [4.69, 9.17) is 9.40 Å². The molecule has 0 unspecified atom stereocenters. The normalized spacial score (nSPS) is 11.7. The minimum Gasteiger partial charge on any atom is -0.456 e. The van der Waals surface area contributed by atoms with Crippen molar-refractivity contribution in [3.8, 4) is 22.4 Å². The van der Waals surface area contributed by atoms with Gasteiger partial charge in [-0.25, -0.2) is 0 Å². The third kappa shape index (κ3) is 3.95. The quantitative estimate of drug-likeness (QED) is 0.283. The van der Waals surface area contributed by atoms with Gasteiger partial charge in [0.1, 0.15) is 11.2 Å². The third-order valence-corrected chi connectivity index (χ3v) is 6.58. The molecule has 0 N–H and O–H groups in total. The van der Waals surface area contributed by atoms with Crippen LogP contribution in [0.1, 0.15) is 41.7 Å². The molecule has 2 nitrogen and oxygen atoms in total. The molecular weight excluding hydrogens is 402 g/mol. The topological polar surface area (TPSA) is 26.0 Å². The van der Waals surface area contributed by atoms with Gasteiger partial charge in [-0.15, -0.1) is 0 Å². The van der Waals surface area contributed by atoms with Crippen molar-refractivity contribution >= 4 is 21.9 Å². The molecule has 0 saturated heterocycles. The Morgan fingerprint density at radius 1 is 0.727 bits per heavy atom. The first kappa shape index (κ1) is 21.5. The zero-order valence-electron chi connectivity index (χ0n) is 20.4. The van der Waals surface area contributed by atoms with E-state index in [2.05, 4.69) is 96.1 Å². The summed E-state index contributed by atoms with van der Waals surface area (Å²) >= 11 is 0. The standard InChI is InChI=1S/C31H31NO/c1-18(2)11-25-15-28(32-17-22(25)6)23-8-10-29-27(14-23)26-9-7-24(16-30(26)33-29)31-20(4)12-19(3)13-21(31)5/h7-10,12-18H,11H2,1-6H3. The Balaban J connectivity index is 1.61. The Hall–Kier alpha value is -3.39. The molecule has 166 valence electrons. The summed E-state index contributed by atoms with van der Waals surface area (Å²) in [4.78, 5) is 4.74. The van der Waals surface area contributed by atoms with Crippen molar-refractivity contribution in [1.29, 1.82) is 0 Å². The van der Waals surface area contributed by atoms with Gasteiger partial charge in [0.2, 0.25) is 0 Å². The molecular formula is C31H31NO. The van der Waals surface area contributed by atoms with E-state index in [0.717, 1.165) is 39.6 Å². The summed E-state index contributed by atoms with van der Waals surface area (Å²) in [5.41, 5.74) is 13.0. The first-order valence-electron chi connectivity index (χ1n) is 11.8. The predicted molar refractivity (Wildman–Crippen MR) is 140 cm³/mol. The summed E-state index contributed by atoms with van der Waals surface area (Å²) in [7, 11) is 0. The van der Waals surface area contributed by atoms with Crippen LogP contribution in [0.25, 0.3) is 44.3 Å². The van der Waals surface area contributed by atoms with Crippen LogP contribution in [0.2, 0.25) is 0 Å². The van der Waals surface area contributed by atoms with Gasteiger partial charge in [0.15, 0.2) is 0 Å². The molecule has 0 radical (unpaired) electrons. The van der Waals surface area contributed by atoms with Crippen LogP contribution in [0.5, 0.6) is 0 Å². The van der Waals surface area contributed by atoms with Crippen molar-refractivity contribution in [3.63, 3.8) is 0 Å². The van der Waals surface area contributed by atoms with Crippen LogP contribution in [-0.2, 0) is 6.42 Å². The van der Waals surface area contributed by atoms with E-state index < -0.39 is 0 Å². The Bertz CT molecular complexity index is 1480. The zero-order chi connectivity index (χ0) is 23.3. The molecule has 0 fully saturated rings. The van der Waals surface area contributed by atoms with Crippen molar-refractivity contribution in [3.05, 3.63) is 88.6 Å². The average Bonchev–Trinajstić information content (AvgIpc) is 3.11. The summed E-state index contributed by atoms with van der Waals surface area (Å²) in [5, 5.41) is 2.28. The molecule has 5 aromatic rings. The summed E-state index contributed by atoms with van der Waals surface area (Å²) in [6, 6.07) is 19.8. The largest absolute Gasteiger partial charge is 0.456 e. The highest BCUT2D eigenvalue weighted by molar-refractivity contribution is 6.07. The lowest BCUT2D eigenvalue weighted by atomic mass is 9.93. The van der Waals surface area contributed by atoms with Gasteiger partial charge in [-0.3, -0.25) is 4.98 Å². The van der Waals surface area contributed by atoms with Crippen molar-refractivity contribution in [2.24, 2.45) is 5.92 Å². The van der Waals surface area contributed by atoms with Crippen LogP contribution in [0.15, 0.2) is 65.2 Å². The molecule has 5 rings (SSSR count). The lowest BCUT2D eigenvalue weighted by Crippen LogP contribution is -1.98. The Kier molecular flexibility index (Phi) is 5.32. The number of rotatable bonds is 4. The zero-order valence-corrected chi connectivity index (χ0v) is 20.4. The maximum Gasteiger partial charge on any atom is 0.136 e. The lowest BCUT2D eigenvalue weighted by Gasteiger charge is -2.11. The van der Waals surface area contributed by atoms with Gasteiger partial charge in [-0.1, -0.05) is 37.6 Å². The fourth-order valence-electron chi connectivity index (χ4n) is 5.11. The predicted octanol–water partition coefficient (Wildman–Crippen LogP) is 8.75. The fourth-order valence-corrected chi connectivity index (χ4v) is 5.11. The molecule has 0 spiro atoms. The highest BCUT2D eigenvalue weighted by Crippen LogP contribution is 2.36. The van der Waals surface area contributed by atoms with E-state index in [1.165, 1.54) is 38.9 Å². The van der Waals surface area contributed by atoms with Crippen molar-refractivity contribution in [2.75, 3.05) is 0 Å². The molecule has 2 aromatic heterocycles. The fraction of sp³-hybridized carbons (Fsp3) is 0.258. The molecule has 0 atom stereocenters. The van der Waals surface area contributed by atoms with Crippen LogP contribution in [-0.4, -0.2) is 4.98 Å². The maximum atomic E-state index is 6.28. The molecule has 0 aliphatic rings. The average molecular weight is 434 g/mol. The first-order chi connectivity index (χ1) is 15.8. The van der Waals surface area contributed by atoms with Gasteiger partial charge in [-0.2, -0.15) is 0 Å². The molecule has 0 aliphatic heterocycles. The molecule has 3 aromatic carbocycles. The number of aryl methyl sites for hydroxylation is 4. The number of nitrogens with zero attached hydrogens (tertiary/aromatic N) is 1. The van der Waals surface area contributed by atoms with Gasteiger partial charge in [0.05, 0.1) is 5.69 Å². The van der Waals surface area contributed by atoms with Crippen LogP contribution < -0.4 is 0 Å². The minimum absolute atomic E-state index is 0.620. The maximum absolute atomic E-state index is 6.28. The SMILES string of the molecule is Cc1cc(C)c(-c2ccc3c(c2)oc2ccc(-c4cc(CC(C)C)c(C)cn4)cc23)c(C)c1. The van der Waals surface area contributed by atoms with Gasteiger partial charge in [0.25, 0.3) is 0 Å². The van der Waals surface area contributed by atoms with Crippen molar-refractivity contribution < 1.29 is 4.42 Å². The van der Waals surface area contributed by atoms with Gasteiger partial charge < -0.3 is 4.42 Å². The molecule has 0 bridgehead atoms. The summed E-state index contributed by atoms with van der Waals surface area (Å²) in [6.07, 6.45) is 3.07. The van der Waals surface area contributed by atoms with Crippen LogP contribution >= 0.6 is 0 Å². The number of hydrogen-bond donors (Lipinski definition) is 0. The molecule has 2 heterocycles. The van der Waals surface area contributed by atoms with Crippen molar-refractivity contribution in [1.82, 2.24) is 4.98 Å². The minimum atomic E-state index is 0.620. The van der Waals surface area contributed by atoms with E-state index in [1.807, 2.05) is 6.20 Å². The molecule has 33 heavy (non-hydrogen) atoms. The van der Waals surface area contributed by atoms with E-state index in [-0.39, 0.29) is 0 Å². The number of fused-ring (bicyclic) bond motifs is 3. The van der Waals surface area contributed by atoms with E-state index >= 15 is 0 Å². The van der Waals surface area contributed by atoms with E-state index in [0.29, 0.717) is 5.92 Å². The Labute approximate surface area is 196 Å². The Morgan fingerprint density at radius 3 is 2.18 bits per heavy atom. The van der Waals surface area contributed by atoms with Gasteiger partial charge in [0, 0.05) is 22.5 Å². The second kappa shape index (κ2) is 8.19. The molecule has 0 saturated carbocycles. The monoisotopic (exact) mass is 433 g/mol. The highest BCUT2D eigenvalue weighted by Gasteiger charge is 2.13. The molecule has 0 aliphatic carbocycles. The number of furan rings is 1. The summed E-state index contributed by atoms with van der Waals surface area (Å²) in [5.74, 6) is 0.620. The summed E-state index contributed by atoms with van der Waals surface area (Å²) in [6.45, 7) is 13.2. The Morgan fingerprint density at radius 2 is 1.45 bits per heavy atom. The van der Waals surface area contributed by atoms with E-state index in [9.17, 15) is 0 Å². The number of aromatic nitrogens is 1. The first-order valence-corrected chi connectivity index (χ1v) is 11.8.